The molecule has 2 rings (SSSR count). The standard InChI is InChI=1S/C16H18O5/c1-11(10-21-13-5-3-2-4-6-13)16(20)9-12(17)7-8-14(16)15(18)19/h2-9,11,14,17,20H,10H2,1H3,(H,18,19). The lowest BCUT2D eigenvalue weighted by Crippen LogP contribution is -2.48. The fraction of sp³-hybridized carbons (Fsp3) is 0.312. The molecule has 0 heterocycles. The minimum absolute atomic E-state index is 0.127. The monoisotopic (exact) mass is 290 g/mol. The summed E-state index contributed by atoms with van der Waals surface area (Å²) in [4.78, 5) is 11.3. The van der Waals surface area contributed by atoms with E-state index in [0.29, 0.717) is 5.75 Å². The highest BCUT2D eigenvalue weighted by Crippen LogP contribution is 2.34. The van der Waals surface area contributed by atoms with Crippen molar-refractivity contribution in [1.29, 1.82) is 0 Å². The molecule has 21 heavy (non-hydrogen) atoms. The van der Waals surface area contributed by atoms with Gasteiger partial charge in [0.1, 0.15) is 23.0 Å². The predicted molar refractivity (Wildman–Crippen MR) is 77.0 cm³/mol. The predicted octanol–water partition coefficient (Wildman–Crippen LogP) is 2.15. The summed E-state index contributed by atoms with van der Waals surface area (Å²) in [5.41, 5.74) is -1.69. The number of rotatable bonds is 5. The van der Waals surface area contributed by atoms with Gasteiger partial charge in [-0.2, -0.15) is 0 Å². The zero-order valence-electron chi connectivity index (χ0n) is 11.6. The quantitative estimate of drug-likeness (QED) is 0.773. The summed E-state index contributed by atoms with van der Waals surface area (Å²) in [6, 6.07) is 9.06. The minimum atomic E-state index is -1.69. The van der Waals surface area contributed by atoms with Crippen LogP contribution in [0.25, 0.3) is 0 Å². The number of carboxylic acids is 1. The summed E-state index contributed by atoms with van der Waals surface area (Å²) in [5, 5.41) is 29.5. The Morgan fingerprint density at radius 1 is 1.38 bits per heavy atom. The van der Waals surface area contributed by atoms with E-state index >= 15 is 0 Å². The largest absolute Gasteiger partial charge is 0.508 e. The van der Waals surface area contributed by atoms with E-state index in [1.54, 1.807) is 19.1 Å². The Bertz CT molecular complexity index is 563. The normalized spacial score (nSPS) is 26.0. The number of ether oxygens (including phenoxy) is 1. The lowest BCUT2D eigenvalue weighted by Gasteiger charge is -2.36. The zero-order chi connectivity index (χ0) is 15.5. The van der Waals surface area contributed by atoms with Crippen molar-refractivity contribution in [2.24, 2.45) is 11.8 Å². The smallest absolute Gasteiger partial charge is 0.313 e. The van der Waals surface area contributed by atoms with Crippen LogP contribution in [0.3, 0.4) is 0 Å². The number of para-hydroxylation sites is 1. The Morgan fingerprint density at radius 2 is 2.05 bits per heavy atom. The van der Waals surface area contributed by atoms with E-state index in [0.717, 1.165) is 0 Å². The van der Waals surface area contributed by atoms with Crippen LogP contribution in [0.5, 0.6) is 5.75 Å². The van der Waals surface area contributed by atoms with Crippen molar-refractivity contribution in [1.82, 2.24) is 0 Å². The summed E-state index contributed by atoms with van der Waals surface area (Å²) in [6.45, 7) is 1.81. The molecule has 0 bridgehead atoms. The molecule has 0 saturated carbocycles. The van der Waals surface area contributed by atoms with E-state index < -0.39 is 23.4 Å². The molecule has 1 aliphatic rings. The molecule has 0 fully saturated rings. The molecule has 112 valence electrons. The molecule has 1 aromatic carbocycles. The maximum absolute atomic E-state index is 11.3. The Kier molecular flexibility index (Phi) is 4.33. The van der Waals surface area contributed by atoms with Gasteiger partial charge in [-0.25, -0.2) is 0 Å². The molecule has 5 nitrogen and oxygen atoms in total. The highest BCUT2D eigenvalue weighted by Gasteiger charge is 2.45. The molecule has 0 aliphatic heterocycles. The van der Waals surface area contributed by atoms with Gasteiger partial charge in [0.05, 0.1) is 6.61 Å². The second kappa shape index (κ2) is 6.01. The summed E-state index contributed by atoms with van der Waals surface area (Å²) < 4.78 is 5.56. The molecule has 1 aliphatic carbocycles. The number of benzene rings is 1. The molecule has 3 unspecified atom stereocenters. The van der Waals surface area contributed by atoms with Gasteiger partial charge in [0.15, 0.2) is 0 Å². The van der Waals surface area contributed by atoms with E-state index in [1.807, 2.05) is 18.2 Å². The number of hydrogen-bond acceptors (Lipinski definition) is 4. The van der Waals surface area contributed by atoms with Crippen molar-refractivity contribution in [2.75, 3.05) is 6.61 Å². The third kappa shape index (κ3) is 3.25. The number of allylic oxidation sites excluding steroid dienone is 1. The van der Waals surface area contributed by atoms with Gasteiger partial charge in [-0.05, 0) is 24.3 Å². The van der Waals surface area contributed by atoms with Crippen molar-refractivity contribution >= 4 is 5.97 Å². The highest BCUT2D eigenvalue weighted by atomic mass is 16.5. The summed E-state index contributed by atoms with van der Waals surface area (Å²) in [7, 11) is 0. The number of carboxylic acid groups (broad SMARTS) is 1. The first-order valence-electron chi connectivity index (χ1n) is 6.66. The van der Waals surface area contributed by atoms with Crippen molar-refractivity contribution in [2.45, 2.75) is 12.5 Å². The molecule has 0 aromatic heterocycles. The van der Waals surface area contributed by atoms with Crippen LogP contribution in [-0.2, 0) is 4.79 Å². The third-order valence-electron chi connectivity index (χ3n) is 3.64. The van der Waals surface area contributed by atoms with Gasteiger partial charge in [-0.15, -0.1) is 0 Å². The van der Waals surface area contributed by atoms with Crippen LogP contribution < -0.4 is 4.74 Å². The van der Waals surface area contributed by atoms with Crippen molar-refractivity contribution in [3.8, 4) is 5.75 Å². The first kappa shape index (κ1) is 15.1. The molecular weight excluding hydrogens is 272 g/mol. The Hall–Kier alpha value is -2.27. The highest BCUT2D eigenvalue weighted by molar-refractivity contribution is 5.75. The SMILES string of the molecule is CC(COc1ccccc1)C1(O)C=C(O)C=CC1C(=O)O. The van der Waals surface area contributed by atoms with Gasteiger partial charge in [0.2, 0.25) is 0 Å². The number of aliphatic hydroxyl groups is 2. The van der Waals surface area contributed by atoms with Gasteiger partial charge >= 0.3 is 5.97 Å². The van der Waals surface area contributed by atoms with Gasteiger partial charge in [-0.1, -0.05) is 31.2 Å². The first-order valence-corrected chi connectivity index (χ1v) is 6.66. The molecule has 0 amide bonds. The summed E-state index contributed by atoms with van der Waals surface area (Å²) in [5.74, 6) is -2.31. The van der Waals surface area contributed by atoms with Gasteiger partial charge < -0.3 is 20.1 Å². The Morgan fingerprint density at radius 3 is 2.67 bits per heavy atom. The third-order valence-corrected chi connectivity index (χ3v) is 3.64. The van der Waals surface area contributed by atoms with E-state index in [-0.39, 0.29) is 12.4 Å². The Labute approximate surface area is 122 Å². The fourth-order valence-electron chi connectivity index (χ4n) is 2.32. The van der Waals surface area contributed by atoms with Crippen LogP contribution in [-0.4, -0.2) is 33.5 Å². The molecule has 0 spiro atoms. The lowest BCUT2D eigenvalue weighted by molar-refractivity contribution is -0.149. The molecule has 3 atom stereocenters. The van der Waals surface area contributed by atoms with Crippen molar-refractivity contribution < 1.29 is 24.9 Å². The minimum Gasteiger partial charge on any atom is -0.508 e. The van der Waals surface area contributed by atoms with E-state index in [1.165, 1.54) is 18.2 Å². The molecule has 1 aromatic rings. The first-order chi connectivity index (χ1) is 9.93. The number of hydrogen-bond donors (Lipinski definition) is 3. The average Bonchev–Trinajstić information content (AvgIpc) is 2.45. The number of aliphatic hydroxyl groups excluding tert-OH is 1. The molecule has 0 saturated heterocycles. The van der Waals surface area contributed by atoms with Crippen LogP contribution in [0.4, 0.5) is 0 Å². The average molecular weight is 290 g/mol. The van der Waals surface area contributed by atoms with E-state index in [2.05, 4.69) is 0 Å². The van der Waals surface area contributed by atoms with Crippen molar-refractivity contribution in [3.05, 3.63) is 54.3 Å². The van der Waals surface area contributed by atoms with Crippen molar-refractivity contribution in [3.63, 3.8) is 0 Å². The van der Waals surface area contributed by atoms with Gasteiger partial charge in [-0.3, -0.25) is 4.79 Å². The zero-order valence-corrected chi connectivity index (χ0v) is 11.6. The number of carbonyl (C=O) groups is 1. The summed E-state index contributed by atoms with van der Waals surface area (Å²) in [6.07, 6.45) is 3.74. The molecular formula is C16H18O5. The van der Waals surface area contributed by atoms with Gasteiger partial charge in [0, 0.05) is 5.92 Å². The summed E-state index contributed by atoms with van der Waals surface area (Å²) >= 11 is 0. The van der Waals surface area contributed by atoms with Crippen LogP contribution in [0, 0.1) is 11.8 Å². The van der Waals surface area contributed by atoms with Crippen LogP contribution in [0.15, 0.2) is 54.3 Å². The lowest BCUT2D eigenvalue weighted by atomic mass is 9.75. The fourth-order valence-corrected chi connectivity index (χ4v) is 2.32. The van der Waals surface area contributed by atoms with E-state index in [9.17, 15) is 20.1 Å². The van der Waals surface area contributed by atoms with Gasteiger partial charge in [0.25, 0.3) is 0 Å². The number of aliphatic carboxylic acids is 1. The molecule has 3 N–H and O–H groups in total. The maximum Gasteiger partial charge on any atom is 0.313 e. The second-order valence-corrected chi connectivity index (χ2v) is 5.16. The topological polar surface area (TPSA) is 87.0 Å². The molecule has 0 radical (unpaired) electrons. The Balaban J connectivity index is 2.13. The molecule has 5 heteroatoms. The maximum atomic E-state index is 11.3. The van der Waals surface area contributed by atoms with Crippen LogP contribution in [0.2, 0.25) is 0 Å². The van der Waals surface area contributed by atoms with Crippen LogP contribution in [0.1, 0.15) is 6.92 Å². The van der Waals surface area contributed by atoms with E-state index in [4.69, 9.17) is 4.74 Å². The second-order valence-electron chi connectivity index (χ2n) is 5.16. The van der Waals surface area contributed by atoms with Crippen LogP contribution >= 0.6 is 0 Å².